The highest BCUT2D eigenvalue weighted by molar-refractivity contribution is 6.02. The van der Waals surface area contributed by atoms with E-state index in [0.29, 0.717) is 42.0 Å². The molecule has 0 fully saturated rings. The van der Waals surface area contributed by atoms with Gasteiger partial charge in [0.05, 0.1) is 30.4 Å². The zero-order chi connectivity index (χ0) is 25.8. The van der Waals surface area contributed by atoms with E-state index < -0.39 is 6.10 Å². The first kappa shape index (κ1) is 25.0. The summed E-state index contributed by atoms with van der Waals surface area (Å²) in [6.45, 7) is 3.44. The number of carbonyl (C=O) groups is 2. The van der Waals surface area contributed by atoms with Crippen molar-refractivity contribution < 1.29 is 24.3 Å². The quantitative estimate of drug-likeness (QED) is 0.417. The van der Waals surface area contributed by atoms with Gasteiger partial charge in [0.15, 0.2) is 0 Å². The molecule has 2 aliphatic heterocycles. The van der Waals surface area contributed by atoms with Gasteiger partial charge in [0, 0.05) is 19.1 Å². The number of fused-ring (bicyclic) bond motifs is 2. The number of nitrogens with zero attached hydrogens (tertiary/aromatic N) is 1. The summed E-state index contributed by atoms with van der Waals surface area (Å²) in [5, 5.41) is 18.3. The van der Waals surface area contributed by atoms with Crippen molar-refractivity contribution >= 4 is 11.8 Å². The molecule has 0 aliphatic carbocycles. The van der Waals surface area contributed by atoms with Crippen LogP contribution in [0.25, 0.3) is 0 Å². The molecule has 8 heteroatoms. The van der Waals surface area contributed by atoms with Crippen LogP contribution in [0.5, 0.6) is 5.75 Å². The number of rotatable bonds is 9. The molecule has 0 aromatic heterocycles. The minimum atomic E-state index is -0.759. The minimum Gasteiger partial charge on any atom is -0.493 e. The third-order valence-electron chi connectivity index (χ3n) is 6.80. The van der Waals surface area contributed by atoms with Crippen LogP contribution in [0.1, 0.15) is 49.9 Å². The molecule has 2 amide bonds. The zero-order valence-corrected chi connectivity index (χ0v) is 20.8. The summed E-state index contributed by atoms with van der Waals surface area (Å²) in [7, 11) is 0. The van der Waals surface area contributed by atoms with Crippen molar-refractivity contribution in [1.82, 2.24) is 15.7 Å². The zero-order valence-electron chi connectivity index (χ0n) is 20.8. The van der Waals surface area contributed by atoms with Crippen LogP contribution in [0.2, 0.25) is 0 Å². The first-order valence-electron chi connectivity index (χ1n) is 12.6. The summed E-state index contributed by atoms with van der Waals surface area (Å²) in [6, 6.07) is 20.9. The minimum absolute atomic E-state index is 0.0898. The number of ether oxygens (including phenoxy) is 1. The van der Waals surface area contributed by atoms with Crippen molar-refractivity contribution in [3.63, 3.8) is 0 Å². The number of benzene rings is 3. The Morgan fingerprint density at radius 1 is 1.11 bits per heavy atom. The summed E-state index contributed by atoms with van der Waals surface area (Å²) < 4.78 is 5.71. The molecule has 0 spiro atoms. The number of aliphatic hydroxyl groups excluding tert-OH is 1. The smallest absolute Gasteiger partial charge is 0.278 e. The summed E-state index contributed by atoms with van der Waals surface area (Å²) in [6.07, 6.45) is -0.0669. The molecule has 0 bridgehead atoms. The standard InChI is InChI=1S/C29H31N3O5/c1-2-36-27-14-23-22(17-32(29(23)35)37-18-19-8-4-3-5-9-19)12-24(27)28(34)31-16-26(33)25-13-20-10-6-7-11-21(20)15-30-25/h3-12,14,25-26,30,33H,2,13,15-18H2,1H3,(H,31,34). The Labute approximate surface area is 216 Å². The van der Waals surface area contributed by atoms with Crippen molar-refractivity contribution in [1.29, 1.82) is 0 Å². The van der Waals surface area contributed by atoms with Crippen molar-refractivity contribution in [2.24, 2.45) is 0 Å². The molecule has 5 rings (SSSR count). The van der Waals surface area contributed by atoms with Gasteiger partial charge in [-0.15, -0.1) is 0 Å². The van der Waals surface area contributed by atoms with Crippen LogP contribution < -0.4 is 15.4 Å². The fourth-order valence-electron chi connectivity index (χ4n) is 4.78. The van der Waals surface area contributed by atoms with Crippen molar-refractivity contribution in [2.45, 2.75) is 45.2 Å². The number of hydroxylamine groups is 2. The van der Waals surface area contributed by atoms with Gasteiger partial charge < -0.3 is 20.5 Å². The lowest BCUT2D eigenvalue weighted by Crippen LogP contribution is -2.49. The highest BCUT2D eigenvalue weighted by Gasteiger charge is 2.32. The van der Waals surface area contributed by atoms with Crippen LogP contribution >= 0.6 is 0 Å². The average molecular weight is 502 g/mol. The van der Waals surface area contributed by atoms with E-state index in [1.165, 1.54) is 16.2 Å². The largest absolute Gasteiger partial charge is 0.493 e. The summed E-state index contributed by atoms with van der Waals surface area (Å²) in [4.78, 5) is 31.8. The van der Waals surface area contributed by atoms with Gasteiger partial charge in [0.1, 0.15) is 12.4 Å². The van der Waals surface area contributed by atoms with Crippen LogP contribution in [0.15, 0.2) is 66.7 Å². The van der Waals surface area contributed by atoms with E-state index in [9.17, 15) is 14.7 Å². The Morgan fingerprint density at radius 2 is 1.86 bits per heavy atom. The Balaban J connectivity index is 1.24. The monoisotopic (exact) mass is 501 g/mol. The molecule has 37 heavy (non-hydrogen) atoms. The summed E-state index contributed by atoms with van der Waals surface area (Å²) in [5.41, 5.74) is 4.86. The molecule has 0 saturated carbocycles. The predicted molar refractivity (Wildman–Crippen MR) is 138 cm³/mol. The van der Waals surface area contributed by atoms with E-state index in [0.717, 1.165) is 5.56 Å². The lowest BCUT2D eigenvalue weighted by atomic mass is 9.93. The van der Waals surface area contributed by atoms with Gasteiger partial charge in [0.2, 0.25) is 0 Å². The number of hydrogen-bond donors (Lipinski definition) is 3. The van der Waals surface area contributed by atoms with Crippen LogP contribution in [-0.2, 0) is 31.0 Å². The second-order valence-corrected chi connectivity index (χ2v) is 9.28. The second-order valence-electron chi connectivity index (χ2n) is 9.28. The second kappa shape index (κ2) is 11.1. The van der Waals surface area contributed by atoms with Crippen molar-refractivity contribution in [3.8, 4) is 5.75 Å². The van der Waals surface area contributed by atoms with Crippen LogP contribution in [0.4, 0.5) is 0 Å². The Morgan fingerprint density at radius 3 is 2.65 bits per heavy atom. The maximum absolute atomic E-state index is 13.1. The van der Waals surface area contributed by atoms with Crippen molar-refractivity contribution in [2.75, 3.05) is 13.2 Å². The number of nitrogens with one attached hydrogen (secondary N) is 2. The van der Waals surface area contributed by atoms with E-state index >= 15 is 0 Å². The van der Waals surface area contributed by atoms with Gasteiger partial charge in [-0.05, 0) is 47.7 Å². The first-order chi connectivity index (χ1) is 18.0. The molecular weight excluding hydrogens is 470 g/mol. The fraction of sp³-hybridized carbons (Fsp3) is 0.310. The maximum Gasteiger partial charge on any atom is 0.278 e. The molecule has 2 aliphatic rings. The molecule has 2 heterocycles. The van der Waals surface area contributed by atoms with Crippen LogP contribution in [-0.4, -0.2) is 47.3 Å². The lowest BCUT2D eigenvalue weighted by molar-refractivity contribution is -0.134. The van der Waals surface area contributed by atoms with Crippen LogP contribution in [0.3, 0.4) is 0 Å². The molecule has 8 nitrogen and oxygen atoms in total. The molecule has 2 atom stereocenters. The third-order valence-corrected chi connectivity index (χ3v) is 6.80. The van der Waals surface area contributed by atoms with E-state index in [1.54, 1.807) is 12.1 Å². The number of amides is 2. The fourth-order valence-corrected chi connectivity index (χ4v) is 4.78. The van der Waals surface area contributed by atoms with E-state index in [1.807, 2.05) is 49.4 Å². The Bertz CT molecular complexity index is 1280. The van der Waals surface area contributed by atoms with Gasteiger partial charge in [-0.25, -0.2) is 5.06 Å². The van der Waals surface area contributed by atoms with Gasteiger partial charge in [-0.3, -0.25) is 14.4 Å². The SMILES string of the molecule is CCOc1cc2c(cc1C(=O)NCC(O)C1Cc3ccccc3CN1)CN(OCc1ccccc1)C2=O. The summed E-state index contributed by atoms with van der Waals surface area (Å²) >= 11 is 0. The van der Waals surface area contributed by atoms with E-state index in [-0.39, 0.29) is 37.6 Å². The van der Waals surface area contributed by atoms with E-state index in [2.05, 4.69) is 22.8 Å². The molecule has 0 radical (unpaired) electrons. The summed E-state index contributed by atoms with van der Waals surface area (Å²) in [5.74, 6) is -0.299. The molecule has 3 N–H and O–H groups in total. The van der Waals surface area contributed by atoms with E-state index in [4.69, 9.17) is 9.57 Å². The molecule has 3 aromatic rings. The number of hydrogen-bond acceptors (Lipinski definition) is 6. The van der Waals surface area contributed by atoms with Crippen molar-refractivity contribution in [3.05, 3.63) is 100 Å². The predicted octanol–water partition coefficient (Wildman–Crippen LogP) is 2.98. The molecule has 192 valence electrons. The molecule has 2 unspecified atom stereocenters. The molecule has 3 aromatic carbocycles. The maximum atomic E-state index is 13.1. The Hall–Kier alpha value is -3.72. The lowest BCUT2D eigenvalue weighted by Gasteiger charge is -2.30. The highest BCUT2D eigenvalue weighted by Crippen LogP contribution is 2.31. The average Bonchev–Trinajstić information content (AvgIpc) is 3.24. The van der Waals surface area contributed by atoms with Gasteiger partial charge >= 0.3 is 0 Å². The topological polar surface area (TPSA) is 100 Å². The van der Waals surface area contributed by atoms with Gasteiger partial charge in [-0.1, -0.05) is 54.6 Å². The van der Waals surface area contributed by atoms with Gasteiger partial charge in [0.25, 0.3) is 11.8 Å². The first-order valence-corrected chi connectivity index (χ1v) is 12.6. The van der Waals surface area contributed by atoms with Crippen LogP contribution in [0, 0.1) is 0 Å². The highest BCUT2D eigenvalue weighted by atomic mass is 16.7. The number of carbonyl (C=O) groups excluding carboxylic acids is 2. The normalized spacial score (nSPS) is 17.2. The Kier molecular flexibility index (Phi) is 7.50. The number of aliphatic hydroxyl groups is 1. The molecular formula is C29H31N3O5. The van der Waals surface area contributed by atoms with Gasteiger partial charge in [-0.2, -0.15) is 0 Å². The molecule has 0 saturated heterocycles. The third kappa shape index (κ3) is 5.51.